The van der Waals surface area contributed by atoms with Crippen LogP contribution in [0, 0.1) is 0 Å². The summed E-state index contributed by atoms with van der Waals surface area (Å²) in [4.78, 5) is 4.42. The highest BCUT2D eigenvalue weighted by Gasteiger charge is 2.02. The quantitative estimate of drug-likeness (QED) is 0.538. The highest BCUT2D eigenvalue weighted by atomic mass is 35.5. The van der Waals surface area contributed by atoms with Crippen molar-refractivity contribution in [1.82, 2.24) is 4.98 Å². The van der Waals surface area contributed by atoms with E-state index < -0.39 is 0 Å². The van der Waals surface area contributed by atoms with Gasteiger partial charge in [0.15, 0.2) is 0 Å². The topological polar surface area (TPSA) is 31.4 Å². The summed E-state index contributed by atoms with van der Waals surface area (Å²) in [6.07, 6.45) is 1.86. The summed E-state index contributed by atoms with van der Waals surface area (Å²) in [5, 5.41) is 3.13. The van der Waals surface area contributed by atoms with Crippen molar-refractivity contribution in [1.29, 1.82) is 0 Å². The van der Waals surface area contributed by atoms with E-state index in [1.807, 2.05) is 36.6 Å². The molecular weight excluding hydrogens is 294 g/mol. The third-order valence-electron chi connectivity index (χ3n) is 2.66. The number of hydrogen-bond acceptors (Lipinski definition) is 4. The van der Waals surface area contributed by atoms with Gasteiger partial charge in [0.05, 0.1) is 29.8 Å². The number of thiazole rings is 1. The average molecular weight is 312 g/mol. The first-order valence-electron chi connectivity index (χ1n) is 6.66. The zero-order chi connectivity index (χ0) is 14.2. The molecule has 3 nitrogen and oxygen atoms in total. The molecule has 0 unspecified atom stereocenters. The summed E-state index contributed by atoms with van der Waals surface area (Å²) in [5.74, 6) is 2.17. The van der Waals surface area contributed by atoms with E-state index in [-0.39, 0.29) is 0 Å². The van der Waals surface area contributed by atoms with Crippen LogP contribution in [0.2, 0.25) is 0 Å². The van der Waals surface area contributed by atoms with Crippen molar-refractivity contribution in [3.8, 4) is 11.5 Å². The van der Waals surface area contributed by atoms with Gasteiger partial charge < -0.3 is 9.47 Å². The number of aromatic nitrogens is 1. The number of rotatable bonds is 8. The van der Waals surface area contributed by atoms with Crippen LogP contribution in [-0.2, 0) is 12.3 Å². The molecule has 0 aliphatic carbocycles. The molecular formula is C15H18ClNO2S. The Labute approximate surface area is 128 Å². The molecule has 0 spiro atoms. The van der Waals surface area contributed by atoms with Crippen LogP contribution in [0.4, 0.5) is 0 Å². The molecule has 1 aromatic heterocycles. The first-order chi connectivity index (χ1) is 9.81. The Morgan fingerprint density at radius 1 is 1.25 bits per heavy atom. The molecule has 0 N–H and O–H groups in total. The van der Waals surface area contributed by atoms with Crippen LogP contribution in [0.1, 0.15) is 24.0 Å². The first-order valence-corrected chi connectivity index (χ1v) is 8.08. The van der Waals surface area contributed by atoms with Crippen molar-refractivity contribution in [2.75, 3.05) is 13.2 Å². The molecule has 0 atom stereocenters. The van der Waals surface area contributed by atoms with Crippen molar-refractivity contribution in [3.05, 3.63) is 40.3 Å². The summed E-state index contributed by atoms with van der Waals surface area (Å²) >= 11 is 7.39. The van der Waals surface area contributed by atoms with Gasteiger partial charge in [0.1, 0.15) is 11.5 Å². The maximum absolute atomic E-state index is 5.73. The lowest BCUT2D eigenvalue weighted by Gasteiger charge is -2.08. The Hall–Kier alpha value is -1.26. The fourth-order valence-electron chi connectivity index (χ4n) is 1.76. The normalized spacial score (nSPS) is 10.5. The summed E-state index contributed by atoms with van der Waals surface area (Å²) in [5.41, 5.74) is 0.956. The van der Waals surface area contributed by atoms with Crippen LogP contribution < -0.4 is 9.47 Å². The minimum Gasteiger partial charge on any atom is -0.494 e. The Kier molecular flexibility index (Phi) is 6.15. The molecule has 0 aliphatic heterocycles. The number of ether oxygens (including phenoxy) is 2. The zero-order valence-corrected chi connectivity index (χ0v) is 13.0. The van der Waals surface area contributed by atoms with E-state index in [0.29, 0.717) is 19.1 Å². The Morgan fingerprint density at radius 3 is 2.75 bits per heavy atom. The number of aryl methyl sites for hydroxylation is 1. The van der Waals surface area contributed by atoms with E-state index in [1.54, 1.807) is 11.3 Å². The van der Waals surface area contributed by atoms with E-state index in [1.165, 1.54) is 0 Å². The van der Waals surface area contributed by atoms with Gasteiger partial charge in [0.25, 0.3) is 0 Å². The molecule has 0 saturated heterocycles. The molecule has 0 radical (unpaired) electrons. The predicted molar refractivity (Wildman–Crippen MR) is 83.1 cm³/mol. The molecule has 20 heavy (non-hydrogen) atoms. The van der Waals surface area contributed by atoms with Gasteiger partial charge in [-0.15, -0.1) is 22.9 Å². The van der Waals surface area contributed by atoms with Crippen molar-refractivity contribution in [3.63, 3.8) is 0 Å². The molecule has 0 fully saturated rings. The molecule has 108 valence electrons. The van der Waals surface area contributed by atoms with E-state index in [0.717, 1.165) is 35.0 Å². The van der Waals surface area contributed by atoms with Gasteiger partial charge in [-0.25, -0.2) is 4.98 Å². The molecule has 1 heterocycles. The highest BCUT2D eigenvalue weighted by Crippen LogP contribution is 2.20. The first kappa shape index (κ1) is 15.1. The van der Waals surface area contributed by atoms with Crippen molar-refractivity contribution < 1.29 is 9.47 Å². The van der Waals surface area contributed by atoms with Crippen LogP contribution in [0.15, 0.2) is 29.6 Å². The molecule has 5 heteroatoms. The Morgan fingerprint density at radius 2 is 2.05 bits per heavy atom. The predicted octanol–water partition coefficient (Wildman–Crippen LogP) is 4.29. The summed E-state index contributed by atoms with van der Waals surface area (Å²) in [6, 6.07) is 7.73. The molecule has 2 aromatic rings. The van der Waals surface area contributed by atoms with Crippen LogP contribution in [0.3, 0.4) is 0 Å². The van der Waals surface area contributed by atoms with Crippen LogP contribution in [0.5, 0.6) is 11.5 Å². The van der Waals surface area contributed by atoms with Gasteiger partial charge in [-0.3, -0.25) is 0 Å². The average Bonchev–Trinajstić information content (AvgIpc) is 2.92. The largest absolute Gasteiger partial charge is 0.494 e. The van der Waals surface area contributed by atoms with Crippen molar-refractivity contribution >= 4 is 22.9 Å². The summed E-state index contributed by atoms with van der Waals surface area (Å²) in [6.45, 7) is 3.30. The number of nitrogens with zero attached hydrogens (tertiary/aromatic N) is 1. The van der Waals surface area contributed by atoms with Gasteiger partial charge in [-0.1, -0.05) is 6.07 Å². The minimum atomic E-state index is 0.483. The second kappa shape index (κ2) is 8.12. The minimum absolute atomic E-state index is 0.483. The summed E-state index contributed by atoms with van der Waals surface area (Å²) < 4.78 is 11.2. The monoisotopic (exact) mass is 311 g/mol. The fraction of sp³-hybridized carbons (Fsp3) is 0.400. The van der Waals surface area contributed by atoms with E-state index >= 15 is 0 Å². The SMILES string of the molecule is CCOc1cccc(OCCCc2nc(CCl)cs2)c1. The van der Waals surface area contributed by atoms with E-state index in [9.17, 15) is 0 Å². The standard InChI is InChI=1S/C15H18ClNO2S/c1-2-18-13-5-3-6-14(9-13)19-8-4-7-15-17-12(10-16)11-20-15/h3,5-6,9,11H,2,4,7-8,10H2,1H3. The maximum atomic E-state index is 5.73. The lowest BCUT2D eigenvalue weighted by Crippen LogP contribution is -2.00. The van der Waals surface area contributed by atoms with Crippen LogP contribution in [0.25, 0.3) is 0 Å². The van der Waals surface area contributed by atoms with Gasteiger partial charge >= 0.3 is 0 Å². The lowest BCUT2D eigenvalue weighted by atomic mass is 10.3. The highest BCUT2D eigenvalue weighted by molar-refractivity contribution is 7.09. The van der Waals surface area contributed by atoms with Crippen molar-refractivity contribution in [2.45, 2.75) is 25.6 Å². The maximum Gasteiger partial charge on any atom is 0.122 e. The molecule has 0 saturated carbocycles. The molecule has 1 aromatic carbocycles. The molecule has 0 bridgehead atoms. The number of hydrogen-bond donors (Lipinski definition) is 0. The van der Waals surface area contributed by atoms with E-state index in [2.05, 4.69) is 4.98 Å². The lowest BCUT2D eigenvalue weighted by molar-refractivity contribution is 0.304. The third-order valence-corrected chi connectivity index (χ3v) is 3.89. The smallest absolute Gasteiger partial charge is 0.122 e. The van der Waals surface area contributed by atoms with Crippen LogP contribution >= 0.6 is 22.9 Å². The summed E-state index contributed by atoms with van der Waals surface area (Å²) in [7, 11) is 0. The number of benzene rings is 1. The van der Waals surface area contributed by atoms with Gasteiger partial charge in [-0.2, -0.15) is 0 Å². The third kappa shape index (κ3) is 4.69. The number of alkyl halides is 1. The molecule has 0 amide bonds. The Bertz CT molecular complexity index is 530. The Balaban J connectivity index is 1.74. The molecule has 2 rings (SSSR count). The van der Waals surface area contributed by atoms with Gasteiger partial charge in [-0.05, 0) is 25.5 Å². The second-order valence-corrected chi connectivity index (χ2v) is 5.44. The number of halogens is 1. The van der Waals surface area contributed by atoms with Gasteiger partial charge in [0, 0.05) is 17.9 Å². The zero-order valence-electron chi connectivity index (χ0n) is 11.5. The van der Waals surface area contributed by atoms with Crippen LogP contribution in [-0.4, -0.2) is 18.2 Å². The second-order valence-electron chi connectivity index (χ2n) is 4.23. The van der Waals surface area contributed by atoms with E-state index in [4.69, 9.17) is 21.1 Å². The van der Waals surface area contributed by atoms with Crippen molar-refractivity contribution in [2.24, 2.45) is 0 Å². The van der Waals surface area contributed by atoms with Gasteiger partial charge in [0.2, 0.25) is 0 Å². The molecule has 0 aliphatic rings. The fourth-order valence-corrected chi connectivity index (χ4v) is 2.83.